The van der Waals surface area contributed by atoms with Crippen LogP contribution in [0.5, 0.6) is 0 Å². The van der Waals surface area contributed by atoms with Crippen LogP contribution in [0.4, 0.5) is 4.39 Å². The topological polar surface area (TPSA) is 86.4 Å². The number of imide groups is 1. The zero-order valence-corrected chi connectivity index (χ0v) is 19.1. The highest BCUT2D eigenvalue weighted by molar-refractivity contribution is 6.07. The second-order valence-corrected chi connectivity index (χ2v) is 9.17. The van der Waals surface area contributed by atoms with Crippen molar-refractivity contribution in [2.75, 3.05) is 20.1 Å². The zero-order chi connectivity index (χ0) is 23.4. The Morgan fingerprint density at radius 1 is 1.12 bits per heavy atom. The Morgan fingerprint density at radius 3 is 2.55 bits per heavy atom. The number of amides is 3. The van der Waals surface area contributed by atoms with Crippen LogP contribution in [-0.2, 0) is 20.8 Å². The largest absolute Gasteiger partial charge is 0.344 e. The molecule has 2 aliphatic rings. The second kappa shape index (κ2) is 10.3. The molecule has 1 N–H and O–H groups in total. The van der Waals surface area contributed by atoms with E-state index in [4.69, 9.17) is 0 Å². The lowest BCUT2D eigenvalue weighted by molar-refractivity contribution is -0.146. The molecule has 176 valence electrons. The Balaban J connectivity index is 1.17. The summed E-state index contributed by atoms with van der Waals surface area (Å²) in [5.74, 6) is -1.23. The van der Waals surface area contributed by atoms with Gasteiger partial charge < -0.3 is 4.90 Å². The summed E-state index contributed by atoms with van der Waals surface area (Å²) in [5.41, 5.74) is 2.46. The van der Waals surface area contributed by atoms with E-state index in [2.05, 4.69) is 10.2 Å². The lowest BCUT2D eigenvalue weighted by Gasteiger charge is -2.21. The fourth-order valence-corrected chi connectivity index (χ4v) is 4.89. The van der Waals surface area contributed by atoms with Crippen LogP contribution in [-0.4, -0.2) is 57.9 Å². The van der Waals surface area contributed by atoms with E-state index in [1.54, 1.807) is 18.0 Å². The predicted octanol–water partition coefficient (Wildman–Crippen LogP) is 3.56. The average Bonchev–Trinajstić information content (AvgIpc) is 3.38. The molecule has 1 saturated carbocycles. The van der Waals surface area contributed by atoms with Gasteiger partial charge in [0.1, 0.15) is 12.4 Å². The predicted molar refractivity (Wildman–Crippen MR) is 121 cm³/mol. The number of halogens is 1. The molecular formula is C25H31FN4O3. The summed E-state index contributed by atoms with van der Waals surface area (Å²) in [6.45, 7) is 0.442. The third-order valence-corrected chi connectivity index (χ3v) is 6.84. The summed E-state index contributed by atoms with van der Waals surface area (Å²) < 4.78 is 13.4. The number of aromatic amines is 1. The van der Waals surface area contributed by atoms with Crippen molar-refractivity contribution in [3.63, 3.8) is 0 Å². The molecule has 1 aromatic heterocycles. The standard InChI is InChI=1S/C25H31FN4O3/c1-29(23(31)16-30-24(32)20-11-4-5-12-21(20)25(30)33)13-6-2-3-10-19-15-22(28-27-19)17-8-7-9-18(26)14-17/h7-9,14-15,20-21H,2-6,10-13,16H2,1H3,(H,27,28). The van der Waals surface area contributed by atoms with Crippen molar-refractivity contribution in [3.8, 4) is 11.3 Å². The van der Waals surface area contributed by atoms with E-state index in [1.165, 1.54) is 17.0 Å². The van der Waals surface area contributed by atoms with Gasteiger partial charge in [-0.3, -0.25) is 24.4 Å². The number of likely N-dealkylation sites (N-methyl/N-ethyl adjacent to an activating group) is 1. The van der Waals surface area contributed by atoms with Crippen LogP contribution in [0.25, 0.3) is 11.3 Å². The van der Waals surface area contributed by atoms with Crippen LogP contribution >= 0.6 is 0 Å². The van der Waals surface area contributed by atoms with E-state index in [0.717, 1.165) is 68.3 Å². The monoisotopic (exact) mass is 454 g/mol. The van der Waals surface area contributed by atoms with E-state index < -0.39 is 0 Å². The molecule has 1 aliphatic carbocycles. The quantitative estimate of drug-likeness (QED) is 0.464. The van der Waals surface area contributed by atoms with Crippen LogP contribution in [0.1, 0.15) is 50.6 Å². The summed E-state index contributed by atoms with van der Waals surface area (Å²) in [7, 11) is 1.72. The summed E-state index contributed by atoms with van der Waals surface area (Å²) in [6, 6.07) is 8.30. The number of fused-ring (bicyclic) bond motifs is 1. The van der Waals surface area contributed by atoms with Gasteiger partial charge in [-0.05, 0) is 50.3 Å². The molecule has 7 nitrogen and oxygen atoms in total. The fourth-order valence-electron chi connectivity index (χ4n) is 4.89. The van der Waals surface area contributed by atoms with E-state index in [1.807, 2.05) is 12.1 Å². The van der Waals surface area contributed by atoms with Crippen LogP contribution < -0.4 is 0 Å². The van der Waals surface area contributed by atoms with Gasteiger partial charge in [-0.1, -0.05) is 31.4 Å². The Bertz CT molecular complexity index is 997. The molecule has 0 radical (unpaired) electrons. The minimum atomic E-state index is -0.285. The summed E-state index contributed by atoms with van der Waals surface area (Å²) >= 11 is 0. The molecule has 33 heavy (non-hydrogen) atoms. The molecule has 0 spiro atoms. The molecule has 2 heterocycles. The molecule has 2 aromatic rings. The normalized spacial score (nSPS) is 20.2. The number of carbonyl (C=O) groups is 3. The molecule has 1 aromatic carbocycles. The van der Waals surface area contributed by atoms with Gasteiger partial charge in [0.25, 0.3) is 0 Å². The molecule has 4 rings (SSSR count). The number of likely N-dealkylation sites (tertiary alicyclic amines) is 1. The van der Waals surface area contributed by atoms with Crippen molar-refractivity contribution in [3.05, 3.63) is 41.8 Å². The van der Waals surface area contributed by atoms with Gasteiger partial charge in [0.05, 0.1) is 17.5 Å². The van der Waals surface area contributed by atoms with Gasteiger partial charge in [0.15, 0.2) is 0 Å². The minimum absolute atomic E-state index is 0.141. The third-order valence-electron chi connectivity index (χ3n) is 6.84. The number of hydrogen-bond donors (Lipinski definition) is 1. The molecule has 2 atom stereocenters. The van der Waals surface area contributed by atoms with Gasteiger partial charge in [-0.2, -0.15) is 5.10 Å². The van der Waals surface area contributed by atoms with Crippen molar-refractivity contribution < 1.29 is 18.8 Å². The molecule has 1 aliphatic heterocycles. The lowest BCUT2D eigenvalue weighted by Crippen LogP contribution is -2.42. The summed E-state index contributed by atoms with van der Waals surface area (Å²) in [4.78, 5) is 40.5. The van der Waals surface area contributed by atoms with Crippen molar-refractivity contribution in [1.82, 2.24) is 20.0 Å². The highest BCUT2D eigenvalue weighted by Gasteiger charge is 2.48. The van der Waals surface area contributed by atoms with Crippen molar-refractivity contribution in [2.45, 2.75) is 51.4 Å². The molecular weight excluding hydrogens is 423 g/mol. The number of H-pyrrole nitrogens is 1. The Morgan fingerprint density at radius 2 is 1.85 bits per heavy atom. The average molecular weight is 455 g/mol. The first-order valence-electron chi connectivity index (χ1n) is 11.8. The smallest absolute Gasteiger partial charge is 0.242 e. The van der Waals surface area contributed by atoms with Crippen LogP contribution in [0, 0.1) is 17.7 Å². The SMILES string of the molecule is CN(CCCCCc1cc(-c2cccc(F)c2)n[nH]1)C(=O)CN1C(=O)C2CCCCC2C1=O. The Labute approximate surface area is 193 Å². The van der Waals surface area contributed by atoms with Gasteiger partial charge >= 0.3 is 0 Å². The van der Waals surface area contributed by atoms with Gasteiger partial charge in [-0.15, -0.1) is 0 Å². The van der Waals surface area contributed by atoms with Gasteiger partial charge in [0.2, 0.25) is 17.7 Å². The highest BCUT2D eigenvalue weighted by atomic mass is 19.1. The van der Waals surface area contributed by atoms with Gasteiger partial charge in [0, 0.05) is 24.8 Å². The number of hydrogen-bond acceptors (Lipinski definition) is 4. The first-order chi connectivity index (χ1) is 15.9. The summed E-state index contributed by atoms with van der Waals surface area (Å²) in [5, 5.41) is 7.27. The molecule has 2 fully saturated rings. The van der Waals surface area contributed by atoms with Crippen LogP contribution in [0.2, 0.25) is 0 Å². The zero-order valence-electron chi connectivity index (χ0n) is 19.1. The van der Waals surface area contributed by atoms with E-state index in [9.17, 15) is 18.8 Å². The number of carbonyl (C=O) groups excluding carboxylic acids is 3. The Hall–Kier alpha value is -3.03. The van der Waals surface area contributed by atoms with Crippen molar-refractivity contribution in [2.24, 2.45) is 11.8 Å². The second-order valence-electron chi connectivity index (χ2n) is 9.17. The van der Waals surface area contributed by atoms with Crippen LogP contribution in [0.15, 0.2) is 30.3 Å². The molecule has 0 bridgehead atoms. The highest BCUT2D eigenvalue weighted by Crippen LogP contribution is 2.37. The van der Waals surface area contributed by atoms with Crippen LogP contribution in [0.3, 0.4) is 0 Å². The fraction of sp³-hybridized carbons (Fsp3) is 0.520. The molecule has 3 amide bonds. The Kier molecular flexibility index (Phi) is 7.20. The number of nitrogens with one attached hydrogen (secondary N) is 1. The summed E-state index contributed by atoms with van der Waals surface area (Å²) in [6.07, 6.45) is 6.99. The first-order valence-corrected chi connectivity index (χ1v) is 11.8. The molecule has 1 saturated heterocycles. The number of benzene rings is 1. The maximum Gasteiger partial charge on any atom is 0.242 e. The van der Waals surface area contributed by atoms with E-state index in [0.29, 0.717) is 6.54 Å². The van der Waals surface area contributed by atoms with Gasteiger partial charge in [-0.25, -0.2) is 4.39 Å². The maximum atomic E-state index is 13.4. The van der Waals surface area contributed by atoms with Crippen molar-refractivity contribution in [1.29, 1.82) is 0 Å². The third kappa shape index (κ3) is 5.31. The number of rotatable bonds is 9. The lowest BCUT2D eigenvalue weighted by atomic mass is 9.81. The van der Waals surface area contributed by atoms with E-state index >= 15 is 0 Å². The number of aryl methyl sites for hydroxylation is 1. The maximum absolute atomic E-state index is 13.4. The molecule has 2 unspecified atom stereocenters. The first kappa shape index (κ1) is 23.1. The minimum Gasteiger partial charge on any atom is -0.344 e. The number of nitrogens with zero attached hydrogens (tertiary/aromatic N) is 3. The van der Waals surface area contributed by atoms with Crippen molar-refractivity contribution >= 4 is 17.7 Å². The number of unbranched alkanes of at least 4 members (excludes halogenated alkanes) is 2. The van der Waals surface area contributed by atoms with E-state index in [-0.39, 0.29) is 41.9 Å². The number of aromatic nitrogens is 2. The molecule has 8 heteroatoms.